The number of carbonyl (C=O) groups is 1. The van der Waals surface area contributed by atoms with Gasteiger partial charge in [-0.3, -0.25) is 4.79 Å². The average Bonchev–Trinajstić information content (AvgIpc) is 3.03. The predicted octanol–water partition coefficient (Wildman–Crippen LogP) is 3.53. The number of rotatable bonds is 2. The zero-order valence-electron chi connectivity index (χ0n) is 14.5. The molecule has 0 bridgehead atoms. The number of hydrogen-bond donors (Lipinski definition) is 0. The van der Waals surface area contributed by atoms with Gasteiger partial charge in [0.05, 0.1) is 0 Å². The van der Waals surface area contributed by atoms with Gasteiger partial charge in [-0.1, -0.05) is 12.1 Å². The number of ketones is 1. The molecule has 0 saturated carbocycles. The number of hydrogen-bond acceptors (Lipinski definition) is 3. The molecule has 0 spiro atoms. The number of aromatic nitrogens is 1. The molecule has 3 aromatic rings. The molecule has 0 amide bonds. The summed E-state index contributed by atoms with van der Waals surface area (Å²) in [5.74, 6) is 1.22. The highest BCUT2D eigenvalue weighted by Gasteiger charge is 2.37. The Morgan fingerprint density at radius 3 is 2.63 bits per heavy atom. The number of Topliss-reactive ketones (excluding diaryl/α,β-unsaturated/α-hetero) is 1. The van der Waals surface area contributed by atoms with Crippen molar-refractivity contribution < 1.29 is 23.2 Å². The van der Waals surface area contributed by atoms with E-state index in [2.05, 4.69) is 0 Å². The summed E-state index contributed by atoms with van der Waals surface area (Å²) in [5.41, 5.74) is 3.33. The molecule has 1 aliphatic heterocycles. The molecule has 1 aliphatic carbocycles. The van der Waals surface area contributed by atoms with Crippen molar-refractivity contribution in [1.29, 1.82) is 0 Å². The zero-order valence-corrected chi connectivity index (χ0v) is 14.5. The quantitative estimate of drug-likeness (QED) is 0.655. The van der Waals surface area contributed by atoms with Crippen LogP contribution in [0.5, 0.6) is 11.5 Å². The molecule has 5 rings (SSSR count). The summed E-state index contributed by atoms with van der Waals surface area (Å²) in [6.45, 7) is 1.08. The van der Waals surface area contributed by atoms with Crippen LogP contribution < -0.4 is 14.0 Å². The minimum Gasteiger partial charge on any atom is -0.486 e. The molecular formula is C22H17FNO3+. The third-order valence-corrected chi connectivity index (χ3v) is 5.14. The number of fused-ring (bicyclic) bond motifs is 2. The lowest BCUT2D eigenvalue weighted by molar-refractivity contribution is -0.706. The van der Waals surface area contributed by atoms with Gasteiger partial charge in [-0.15, -0.1) is 0 Å². The summed E-state index contributed by atoms with van der Waals surface area (Å²) in [6.07, 6.45) is 4.29. The van der Waals surface area contributed by atoms with Crippen LogP contribution in [0.2, 0.25) is 0 Å². The third-order valence-electron chi connectivity index (χ3n) is 5.14. The lowest BCUT2D eigenvalue weighted by Crippen LogP contribution is -2.42. The van der Waals surface area contributed by atoms with E-state index in [1.807, 2.05) is 47.3 Å². The lowest BCUT2D eigenvalue weighted by Gasteiger charge is -2.20. The number of nitrogens with zero attached hydrogens (tertiary/aromatic N) is 1. The molecule has 27 heavy (non-hydrogen) atoms. The first-order valence-electron chi connectivity index (χ1n) is 8.93. The van der Waals surface area contributed by atoms with Crippen molar-refractivity contribution in [3.05, 3.63) is 77.9 Å². The Morgan fingerprint density at radius 1 is 0.963 bits per heavy atom. The van der Waals surface area contributed by atoms with Crippen LogP contribution in [0, 0.1) is 5.82 Å². The molecular weight excluding hydrogens is 345 g/mol. The maximum atomic E-state index is 13.5. The second-order valence-corrected chi connectivity index (χ2v) is 6.75. The highest BCUT2D eigenvalue weighted by atomic mass is 19.1. The minimum absolute atomic E-state index is 0.0246. The number of halogens is 1. The van der Waals surface area contributed by atoms with Crippen molar-refractivity contribution in [2.75, 3.05) is 13.2 Å². The fraction of sp³-hybridized carbons (Fsp3) is 0.182. The maximum absolute atomic E-state index is 13.5. The van der Waals surface area contributed by atoms with Crippen LogP contribution in [0.25, 0.3) is 11.1 Å². The summed E-state index contributed by atoms with van der Waals surface area (Å²) in [7, 11) is 0. The molecule has 0 radical (unpaired) electrons. The monoisotopic (exact) mass is 362 g/mol. The van der Waals surface area contributed by atoms with Gasteiger partial charge in [-0.05, 0) is 35.4 Å². The molecule has 2 aromatic carbocycles. The van der Waals surface area contributed by atoms with E-state index in [-0.39, 0.29) is 17.6 Å². The largest absolute Gasteiger partial charge is 0.486 e. The topological polar surface area (TPSA) is 39.4 Å². The number of ether oxygens (including phenoxy) is 2. The van der Waals surface area contributed by atoms with Crippen LogP contribution >= 0.6 is 0 Å². The van der Waals surface area contributed by atoms with Gasteiger partial charge in [-0.2, -0.15) is 4.57 Å². The van der Waals surface area contributed by atoms with E-state index in [9.17, 15) is 9.18 Å². The molecule has 2 aliphatic rings. The van der Waals surface area contributed by atoms with Crippen molar-refractivity contribution in [3.63, 3.8) is 0 Å². The number of para-hydroxylation sites is 1. The van der Waals surface area contributed by atoms with Crippen molar-refractivity contribution in [1.82, 2.24) is 0 Å². The van der Waals surface area contributed by atoms with Crippen molar-refractivity contribution in [2.24, 2.45) is 0 Å². The van der Waals surface area contributed by atoms with E-state index in [4.69, 9.17) is 9.47 Å². The Hall–Kier alpha value is -3.21. The molecule has 0 N–H and O–H groups in total. The van der Waals surface area contributed by atoms with Gasteiger partial charge in [0.1, 0.15) is 19.0 Å². The molecule has 1 unspecified atom stereocenters. The van der Waals surface area contributed by atoms with Gasteiger partial charge in [0.2, 0.25) is 11.8 Å². The lowest BCUT2D eigenvalue weighted by atomic mass is 10.0. The van der Waals surface area contributed by atoms with E-state index in [0.717, 1.165) is 28.2 Å². The summed E-state index contributed by atoms with van der Waals surface area (Å²) in [5, 5.41) is 0. The fourth-order valence-electron chi connectivity index (χ4n) is 3.82. The summed E-state index contributed by atoms with van der Waals surface area (Å²) in [4.78, 5) is 12.7. The Balaban J connectivity index is 1.46. The van der Waals surface area contributed by atoms with Gasteiger partial charge in [0.15, 0.2) is 23.9 Å². The highest BCUT2D eigenvalue weighted by Crippen LogP contribution is 2.39. The zero-order chi connectivity index (χ0) is 18.4. The Bertz CT molecular complexity index is 1050. The summed E-state index contributed by atoms with van der Waals surface area (Å²) in [6, 6.07) is 13.8. The smallest absolute Gasteiger partial charge is 0.231 e. The SMILES string of the molecule is O=C1c2ccc(F)cc2CC1[n+]1ccc(-c2cccc3c2OCCO3)cc1. The van der Waals surface area contributed by atoms with Crippen molar-refractivity contribution in [3.8, 4) is 22.6 Å². The molecule has 5 heteroatoms. The normalized spacial score (nSPS) is 17.7. The van der Waals surface area contributed by atoms with Gasteiger partial charge in [-0.25, -0.2) is 4.39 Å². The number of benzene rings is 2. The second-order valence-electron chi connectivity index (χ2n) is 6.75. The van der Waals surface area contributed by atoms with Gasteiger partial charge < -0.3 is 9.47 Å². The van der Waals surface area contributed by atoms with E-state index in [0.29, 0.717) is 25.2 Å². The minimum atomic E-state index is -0.333. The molecule has 1 atom stereocenters. The van der Waals surface area contributed by atoms with E-state index >= 15 is 0 Å². The van der Waals surface area contributed by atoms with Crippen LogP contribution in [-0.2, 0) is 6.42 Å². The third kappa shape index (κ3) is 2.67. The van der Waals surface area contributed by atoms with E-state index in [1.54, 1.807) is 6.07 Å². The Kier molecular flexibility index (Phi) is 3.67. The van der Waals surface area contributed by atoms with Crippen LogP contribution in [0.1, 0.15) is 22.0 Å². The Morgan fingerprint density at radius 2 is 1.78 bits per heavy atom. The van der Waals surface area contributed by atoms with E-state index < -0.39 is 0 Å². The molecule has 1 aromatic heterocycles. The van der Waals surface area contributed by atoms with E-state index in [1.165, 1.54) is 12.1 Å². The van der Waals surface area contributed by atoms with Gasteiger partial charge in [0.25, 0.3) is 0 Å². The first-order valence-corrected chi connectivity index (χ1v) is 8.93. The standard InChI is InChI=1S/C22H17FNO3/c23-16-4-5-17-15(12-16)13-19(21(17)25)24-8-6-14(7-9-24)18-2-1-3-20-22(18)27-11-10-26-20/h1-9,12,19H,10-11,13H2/q+1. The second kappa shape index (κ2) is 6.20. The molecule has 0 saturated heterocycles. The van der Waals surface area contributed by atoms with Crippen LogP contribution in [0.15, 0.2) is 60.9 Å². The first-order chi connectivity index (χ1) is 13.2. The molecule has 0 fully saturated rings. The summed E-state index contributed by atoms with van der Waals surface area (Å²) < 4.78 is 26.8. The number of carbonyl (C=O) groups excluding carboxylic acids is 1. The maximum Gasteiger partial charge on any atom is 0.231 e. The van der Waals surface area contributed by atoms with Gasteiger partial charge >= 0.3 is 0 Å². The predicted molar refractivity (Wildman–Crippen MR) is 96.5 cm³/mol. The highest BCUT2D eigenvalue weighted by molar-refractivity contribution is 6.02. The van der Waals surface area contributed by atoms with Crippen LogP contribution in [0.4, 0.5) is 4.39 Å². The first kappa shape index (κ1) is 16.0. The number of pyridine rings is 1. The molecule has 2 heterocycles. The van der Waals surface area contributed by atoms with Crippen molar-refractivity contribution >= 4 is 5.78 Å². The molecule has 4 nitrogen and oxygen atoms in total. The molecule has 134 valence electrons. The fourth-order valence-corrected chi connectivity index (χ4v) is 3.82. The summed E-state index contributed by atoms with van der Waals surface area (Å²) >= 11 is 0. The Labute approximate surface area is 155 Å². The van der Waals surface area contributed by atoms with Crippen molar-refractivity contribution in [2.45, 2.75) is 12.5 Å². The average molecular weight is 362 g/mol. The van der Waals surface area contributed by atoms with Gasteiger partial charge in [0, 0.05) is 29.7 Å². The van der Waals surface area contributed by atoms with Crippen LogP contribution in [0.3, 0.4) is 0 Å². The van der Waals surface area contributed by atoms with Crippen LogP contribution in [-0.4, -0.2) is 19.0 Å².